The molecular weight excluding hydrogens is 314 g/mol. The summed E-state index contributed by atoms with van der Waals surface area (Å²) in [5, 5.41) is 0.528. The highest BCUT2D eigenvalue weighted by atomic mass is 79.9. The largest absolute Gasteiger partial charge is 0.399 e. The van der Waals surface area contributed by atoms with Crippen molar-refractivity contribution in [2.75, 3.05) is 5.73 Å². The van der Waals surface area contributed by atoms with E-state index in [1.807, 2.05) is 6.92 Å². The Bertz CT molecular complexity index is 605. The molecule has 4 heteroatoms. The minimum atomic E-state index is -0.0682. The van der Waals surface area contributed by atoms with E-state index in [9.17, 15) is 4.79 Å². The molecule has 0 amide bonds. The van der Waals surface area contributed by atoms with Crippen molar-refractivity contribution >= 4 is 39.0 Å². The molecule has 0 aliphatic rings. The summed E-state index contributed by atoms with van der Waals surface area (Å²) in [6, 6.07) is 10.4. The molecule has 0 aliphatic carbocycles. The van der Waals surface area contributed by atoms with Crippen molar-refractivity contribution in [1.82, 2.24) is 0 Å². The normalized spacial score (nSPS) is 10.4. The standard InChI is InChI=1S/C14H11BrClNO/c1-8-4-9(2-3-13(8)17)14(18)10-5-11(15)7-12(16)6-10/h2-7H,17H2,1H3. The Morgan fingerprint density at radius 3 is 2.50 bits per heavy atom. The van der Waals surface area contributed by atoms with Crippen LogP contribution >= 0.6 is 27.5 Å². The van der Waals surface area contributed by atoms with E-state index in [1.165, 1.54) is 0 Å². The van der Waals surface area contributed by atoms with Gasteiger partial charge in [0.25, 0.3) is 0 Å². The van der Waals surface area contributed by atoms with Gasteiger partial charge in [-0.3, -0.25) is 4.79 Å². The molecule has 0 fully saturated rings. The summed E-state index contributed by atoms with van der Waals surface area (Å²) < 4.78 is 0.783. The fourth-order valence-electron chi connectivity index (χ4n) is 1.67. The molecule has 0 aliphatic heterocycles. The van der Waals surface area contributed by atoms with Gasteiger partial charge in [-0.25, -0.2) is 0 Å². The zero-order valence-corrected chi connectivity index (χ0v) is 12.0. The Balaban J connectivity index is 2.44. The van der Waals surface area contributed by atoms with Crippen LogP contribution in [0.2, 0.25) is 5.02 Å². The Morgan fingerprint density at radius 1 is 1.17 bits per heavy atom. The topological polar surface area (TPSA) is 43.1 Å². The van der Waals surface area contributed by atoms with Gasteiger partial charge >= 0.3 is 0 Å². The second-order valence-corrected chi connectivity index (χ2v) is 5.41. The molecule has 0 radical (unpaired) electrons. The second-order valence-electron chi connectivity index (χ2n) is 4.06. The van der Waals surface area contributed by atoms with Crippen LogP contribution in [0, 0.1) is 6.92 Å². The van der Waals surface area contributed by atoms with Crippen LogP contribution in [0.5, 0.6) is 0 Å². The lowest BCUT2D eigenvalue weighted by Gasteiger charge is -2.05. The Labute approximate surface area is 119 Å². The molecular formula is C14H11BrClNO. The first-order valence-electron chi connectivity index (χ1n) is 5.34. The van der Waals surface area contributed by atoms with Crippen LogP contribution in [0.3, 0.4) is 0 Å². The van der Waals surface area contributed by atoms with Gasteiger partial charge in [-0.2, -0.15) is 0 Å². The molecule has 18 heavy (non-hydrogen) atoms. The molecule has 0 aromatic heterocycles. The quantitative estimate of drug-likeness (QED) is 0.664. The molecule has 0 bridgehead atoms. The summed E-state index contributed by atoms with van der Waals surface area (Å²) in [6.45, 7) is 1.88. The number of hydrogen-bond acceptors (Lipinski definition) is 2. The number of ketones is 1. The smallest absolute Gasteiger partial charge is 0.193 e. The maximum absolute atomic E-state index is 12.3. The summed E-state index contributed by atoms with van der Waals surface area (Å²) in [6.07, 6.45) is 0. The third-order valence-electron chi connectivity index (χ3n) is 2.66. The summed E-state index contributed by atoms with van der Waals surface area (Å²) in [4.78, 5) is 12.3. The van der Waals surface area contributed by atoms with Crippen LogP contribution < -0.4 is 5.73 Å². The van der Waals surface area contributed by atoms with E-state index < -0.39 is 0 Å². The zero-order chi connectivity index (χ0) is 13.3. The Hall–Kier alpha value is -1.32. The van der Waals surface area contributed by atoms with Gasteiger partial charge in [-0.1, -0.05) is 27.5 Å². The summed E-state index contributed by atoms with van der Waals surface area (Å²) in [5.41, 5.74) is 8.47. The van der Waals surface area contributed by atoms with Crippen LogP contribution in [-0.4, -0.2) is 5.78 Å². The third-order valence-corrected chi connectivity index (χ3v) is 3.33. The van der Waals surface area contributed by atoms with Gasteiger partial charge in [0.05, 0.1) is 0 Å². The SMILES string of the molecule is Cc1cc(C(=O)c2cc(Cl)cc(Br)c2)ccc1N. The number of carbonyl (C=O) groups is 1. The van der Waals surface area contributed by atoms with Crippen LogP contribution in [0.25, 0.3) is 0 Å². The maximum atomic E-state index is 12.3. The first-order valence-corrected chi connectivity index (χ1v) is 6.51. The highest BCUT2D eigenvalue weighted by Gasteiger charge is 2.11. The van der Waals surface area contributed by atoms with Crippen molar-refractivity contribution in [2.45, 2.75) is 6.92 Å². The highest BCUT2D eigenvalue weighted by Crippen LogP contribution is 2.22. The van der Waals surface area contributed by atoms with Gasteiger partial charge in [-0.05, 0) is 48.9 Å². The highest BCUT2D eigenvalue weighted by molar-refractivity contribution is 9.10. The van der Waals surface area contributed by atoms with Crippen LogP contribution in [0.4, 0.5) is 5.69 Å². The first-order chi connectivity index (χ1) is 8.47. The number of nitrogen functional groups attached to an aromatic ring is 1. The molecule has 2 aromatic rings. The summed E-state index contributed by atoms with van der Waals surface area (Å²) >= 11 is 9.26. The molecule has 0 spiro atoms. The minimum Gasteiger partial charge on any atom is -0.399 e. The van der Waals surface area contributed by atoms with Gasteiger partial charge < -0.3 is 5.73 Å². The number of hydrogen-bond donors (Lipinski definition) is 1. The van der Waals surface area contributed by atoms with Crippen molar-refractivity contribution < 1.29 is 4.79 Å². The maximum Gasteiger partial charge on any atom is 0.193 e. The van der Waals surface area contributed by atoms with Crippen molar-refractivity contribution in [3.8, 4) is 0 Å². The van der Waals surface area contributed by atoms with Crippen molar-refractivity contribution in [1.29, 1.82) is 0 Å². The predicted molar refractivity (Wildman–Crippen MR) is 78.2 cm³/mol. The number of aryl methyl sites for hydroxylation is 1. The van der Waals surface area contributed by atoms with E-state index in [1.54, 1.807) is 36.4 Å². The monoisotopic (exact) mass is 323 g/mol. The molecule has 2 nitrogen and oxygen atoms in total. The van der Waals surface area contributed by atoms with E-state index >= 15 is 0 Å². The van der Waals surface area contributed by atoms with E-state index in [0.29, 0.717) is 21.8 Å². The summed E-state index contributed by atoms with van der Waals surface area (Å²) in [7, 11) is 0. The number of anilines is 1. The lowest BCUT2D eigenvalue weighted by atomic mass is 10.0. The lowest BCUT2D eigenvalue weighted by molar-refractivity contribution is 0.103. The van der Waals surface area contributed by atoms with Crippen LogP contribution in [-0.2, 0) is 0 Å². The fraction of sp³-hybridized carbons (Fsp3) is 0.0714. The molecule has 0 atom stereocenters. The molecule has 92 valence electrons. The van der Waals surface area contributed by atoms with Gasteiger partial charge in [0.1, 0.15) is 0 Å². The molecule has 0 saturated heterocycles. The Morgan fingerprint density at radius 2 is 1.89 bits per heavy atom. The molecule has 2 aromatic carbocycles. The second kappa shape index (κ2) is 5.12. The van der Waals surface area contributed by atoms with E-state index in [4.69, 9.17) is 17.3 Å². The minimum absolute atomic E-state index is 0.0682. The van der Waals surface area contributed by atoms with Crippen molar-refractivity contribution in [2.24, 2.45) is 0 Å². The number of carbonyl (C=O) groups excluding carboxylic acids is 1. The zero-order valence-electron chi connectivity index (χ0n) is 9.71. The lowest BCUT2D eigenvalue weighted by Crippen LogP contribution is -2.02. The molecule has 0 saturated carbocycles. The van der Waals surface area contributed by atoms with Gasteiger partial charge in [0, 0.05) is 26.3 Å². The van der Waals surface area contributed by atoms with E-state index in [0.717, 1.165) is 10.0 Å². The molecule has 0 heterocycles. The van der Waals surface area contributed by atoms with Crippen molar-refractivity contribution in [3.05, 3.63) is 62.6 Å². The van der Waals surface area contributed by atoms with Crippen LogP contribution in [0.1, 0.15) is 21.5 Å². The van der Waals surface area contributed by atoms with Gasteiger partial charge in [0.15, 0.2) is 5.78 Å². The average Bonchev–Trinajstić information content (AvgIpc) is 2.30. The number of rotatable bonds is 2. The predicted octanol–water partition coefficient (Wildman–Crippen LogP) is 4.22. The number of halogens is 2. The number of benzene rings is 2. The number of nitrogens with two attached hydrogens (primary N) is 1. The molecule has 2 rings (SSSR count). The van der Waals surface area contributed by atoms with Crippen molar-refractivity contribution in [3.63, 3.8) is 0 Å². The molecule has 0 unspecified atom stereocenters. The van der Waals surface area contributed by atoms with E-state index in [-0.39, 0.29) is 5.78 Å². The summed E-state index contributed by atoms with van der Waals surface area (Å²) in [5.74, 6) is -0.0682. The Kier molecular flexibility index (Phi) is 3.73. The van der Waals surface area contributed by atoms with Gasteiger partial charge in [0.2, 0.25) is 0 Å². The average molecular weight is 325 g/mol. The van der Waals surface area contributed by atoms with Crippen LogP contribution in [0.15, 0.2) is 40.9 Å². The van der Waals surface area contributed by atoms with E-state index in [2.05, 4.69) is 15.9 Å². The third kappa shape index (κ3) is 2.74. The first kappa shape index (κ1) is 13.1. The molecule has 2 N–H and O–H groups in total. The van der Waals surface area contributed by atoms with Gasteiger partial charge in [-0.15, -0.1) is 0 Å². The fourth-order valence-corrected chi connectivity index (χ4v) is 2.53.